The molecule has 1 amide bonds. The van der Waals surface area contributed by atoms with E-state index in [2.05, 4.69) is 15.4 Å². The Hall–Kier alpha value is -2.94. The van der Waals surface area contributed by atoms with Gasteiger partial charge in [0.2, 0.25) is 0 Å². The van der Waals surface area contributed by atoms with Gasteiger partial charge >= 0.3 is 6.18 Å². The van der Waals surface area contributed by atoms with Crippen LogP contribution in [0.4, 0.5) is 19.0 Å². The van der Waals surface area contributed by atoms with E-state index in [4.69, 9.17) is 17.1 Å². The molecule has 0 bridgehead atoms. The van der Waals surface area contributed by atoms with E-state index in [1.807, 2.05) is 19.1 Å². The van der Waals surface area contributed by atoms with Crippen molar-refractivity contribution in [2.75, 3.05) is 11.9 Å². The summed E-state index contributed by atoms with van der Waals surface area (Å²) in [7, 11) is 0. The maximum absolute atomic E-state index is 13.1. The summed E-state index contributed by atoms with van der Waals surface area (Å²) in [5.41, 5.74) is 8.19. The Morgan fingerprint density at radius 2 is 2.10 bits per heavy atom. The lowest BCUT2D eigenvalue weighted by Crippen LogP contribution is -2.44. The predicted octanol–water partition coefficient (Wildman–Crippen LogP) is 5.65. The summed E-state index contributed by atoms with van der Waals surface area (Å²) in [6, 6.07) is 6.29. The summed E-state index contributed by atoms with van der Waals surface area (Å²) in [4.78, 5) is 18.6. The molecule has 3 rings (SSSR count). The first kappa shape index (κ1) is 21.8. The summed E-state index contributed by atoms with van der Waals surface area (Å²) in [6.45, 7) is 3.80. The number of pyridine rings is 1. The van der Waals surface area contributed by atoms with Crippen molar-refractivity contribution in [1.82, 2.24) is 9.88 Å². The molecule has 0 saturated carbocycles. The summed E-state index contributed by atoms with van der Waals surface area (Å²) >= 11 is 5.92. The van der Waals surface area contributed by atoms with Crippen LogP contribution in [0.3, 0.4) is 0 Å². The van der Waals surface area contributed by atoms with Crippen LogP contribution < -0.4 is 5.32 Å². The molecule has 1 atom stereocenters. The highest BCUT2D eigenvalue weighted by molar-refractivity contribution is 6.34. The van der Waals surface area contributed by atoms with Crippen LogP contribution in [0.2, 0.25) is 5.02 Å². The number of carbonyl (C=O) groups excluding carboxylic acids is 1. The number of amides is 1. The third kappa shape index (κ3) is 4.30. The van der Waals surface area contributed by atoms with Crippen molar-refractivity contribution < 1.29 is 18.0 Å². The Morgan fingerprint density at radius 3 is 2.73 bits per heavy atom. The van der Waals surface area contributed by atoms with Gasteiger partial charge in [-0.05, 0) is 43.7 Å². The van der Waals surface area contributed by atoms with Crippen molar-refractivity contribution in [2.24, 2.45) is 5.11 Å². The summed E-state index contributed by atoms with van der Waals surface area (Å²) in [5.74, 6) is -0.0634. The number of carbonyl (C=O) groups is 1. The first-order valence-electron chi connectivity index (χ1n) is 9.10. The van der Waals surface area contributed by atoms with Crippen LogP contribution in [0.5, 0.6) is 0 Å². The van der Waals surface area contributed by atoms with Gasteiger partial charge in [0.15, 0.2) is 0 Å². The zero-order valence-corrected chi connectivity index (χ0v) is 17.0. The molecule has 6 nitrogen and oxygen atoms in total. The quantitative estimate of drug-likeness (QED) is 0.606. The van der Waals surface area contributed by atoms with Crippen LogP contribution in [0.25, 0.3) is 0 Å². The monoisotopic (exact) mass is 437 g/mol. The van der Waals surface area contributed by atoms with E-state index in [0.29, 0.717) is 23.6 Å². The number of alkyl halides is 3. The van der Waals surface area contributed by atoms with Gasteiger partial charge in [0.25, 0.3) is 5.91 Å². The molecule has 0 unspecified atom stereocenters. The number of nitrogens with zero attached hydrogens (tertiary/aromatic N) is 3. The molecule has 0 saturated heterocycles. The Morgan fingerprint density at radius 1 is 1.37 bits per heavy atom. The Balaban J connectivity index is 1.90. The highest BCUT2D eigenvalue weighted by Gasteiger charge is 2.37. The van der Waals surface area contributed by atoms with Crippen molar-refractivity contribution in [2.45, 2.75) is 32.5 Å². The van der Waals surface area contributed by atoms with Crippen LogP contribution >= 0.6 is 11.6 Å². The number of aryl methyl sites for hydroxylation is 1. The smallest absolute Gasteiger partial charge is 0.342 e. The number of hydrogen-bond donors (Lipinski definition) is 2. The summed E-state index contributed by atoms with van der Waals surface area (Å²) in [6.07, 6.45) is -2.69. The van der Waals surface area contributed by atoms with Gasteiger partial charge in [-0.15, -0.1) is 0 Å². The van der Waals surface area contributed by atoms with Gasteiger partial charge in [-0.3, -0.25) is 4.79 Å². The molecule has 0 aliphatic carbocycles. The number of aromatic nitrogens is 1. The number of halogens is 4. The highest BCUT2D eigenvalue weighted by atomic mass is 35.5. The van der Waals surface area contributed by atoms with Crippen LogP contribution in [-0.4, -0.2) is 28.4 Å². The summed E-state index contributed by atoms with van der Waals surface area (Å²) < 4.78 is 39.4. The molecule has 2 heterocycles. The van der Waals surface area contributed by atoms with E-state index < -0.39 is 28.7 Å². The van der Waals surface area contributed by atoms with Crippen molar-refractivity contribution >= 4 is 23.3 Å². The molecule has 1 aromatic heterocycles. The molecule has 10 heteroatoms. The van der Waals surface area contributed by atoms with Gasteiger partial charge in [0, 0.05) is 24.9 Å². The minimum atomic E-state index is -4.67. The van der Waals surface area contributed by atoms with Crippen molar-refractivity contribution in [3.8, 4) is 0 Å². The van der Waals surface area contributed by atoms with Gasteiger partial charge < -0.3 is 10.2 Å². The van der Waals surface area contributed by atoms with Crippen LogP contribution in [-0.2, 0) is 6.18 Å². The normalized spacial score (nSPS) is 17.1. The first-order chi connectivity index (χ1) is 14.1. The lowest BCUT2D eigenvalue weighted by molar-refractivity contribution is -0.137. The van der Waals surface area contributed by atoms with Crippen LogP contribution in [0, 0.1) is 12.5 Å². The summed E-state index contributed by atoms with van der Waals surface area (Å²) in [5, 5.41) is 6.07. The van der Waals surface area contributed by atoms with Crippen LogP contribution in [0.1, 0.15) is 34.8 Å². The zero-order valence-electron chi connectivity index (χ0n) is 16.2. The third-order valence-electron chi connectivity index (χ3n) is 4.89. The molecule has 1 aliphatic heterocycles. The molecule has 158 valence electrons. The van der Waals surface area contributed by atoms with Gasteiger partial charge in [-0.1, -0.05) is 17.7 Å². The number of anilines is 1. The van der Waals surface area contributed by atoms with E-state index in [1.54, 1.807) is 13.1 Å². The minimum Gasteiger partial charge on any atom is -0.342 e. The fourth-order valence-electron chi connectivity index (χ4n) is 3.35. The number of rotatable bonds is 4. The van der Waals surface area contributed by atoms with E-state index in [1.165, 1.54) is 11.0 Å². The van der Waals surface area contributed by atoms with Crippen molar-refractivity contribution in [3.05, 3.63) is 69.6 Å². The standard InChI is InChI=1S/C20H19ClF3N5O/c1-11-6-8-26-16(10-11)27-15-7-9-29(12(2)18(15)28-25)19(30)13-4-3-5-14(17(13)21)20(22,23)24/h3-6,8,10,12,25H,7,9H2,1-2H3,(H,26,27)/t12-/m0/s1. The average Bonchev–Trinajstić information content (AvgIpc) is 2.67. The molecule has 0 radical (unpaired) electrons. The first-order valence-corrected chi connectivity index (χ1v) is 9.48. The Bertz CT molecular complexity index is 1020. The van der Waals surface area contributed by atoms with Gasteiger partial charge in [0.05, 0.1) is 22.2 Å². The minimum absolute atomic E-state index is 0.222. The fourth-order valence-corrected chi connectivity index (χ4v) is 3.66. The van der Waals surface area contributed by atoms with E-state index >= 15 is 0 Å². The molecule has 1 aliphatic rings. The second-order valence-electron chi connectivity index (χ2n) is 6.91. The second kappa shape index (κ2) is 8.43. The van der Waals surface area contributed by atoms with Crippen molar-refractivity contribution in [1.29, 1.82) is 5.53 Å². The zero-order chi connectivity index (χ0) is 22.1. The Labute approximate surface area is 176 Å². The Kier molecular flexibility index (Phi) is 6.12. The maximum Gasteiger partial charge on any atom is 0.417 e. The lowest BCUT2D eigenvalue weighted by atomic mass is 10.0. The largest absolute Gasteiger partial charge is 0.417 e. The third-order valence-corrected chi connectivity index (χ3v) is 5.29. The van der Waals surface area contributed by atoms with Gasteiger partial charge in [-0.25, -0.2) is 10.5 Å². The molecule has 2 N–H and O–H groups in total. The second-order valence-corrected chi connectivity index (χ2v) is 7.29. The number of benzene rings is 1. The highest BCUT2D eigenvalue weighted by Crippen LogP contribution is 2.37. The molecule has 0 spiro atoms. The van der Waals surface area contributed by atoms with Crippen LogP contribution in [0.15, 0.2) is 53.0 Å². The fraction of sp³-hybridized carbons (Fsp3) is 0.300. The topological polar surface area (TPSA) is 81.4 Å². The molecular weight excluding hydrogens is 419 g/mol. The molecule has 0 fully saturated rings. The molecule has 2 aromatic rings. The lowest BCUT2D eigenvalue weighted by Gasteiger charge is -2.35. The van der Waals surface area contributed by atoms with E-state index in [0.717, 1.165) is 17.7 Å². The molecular formula is C20H19ClF3N5O. The maximum atomic E-state index is 13.1. The average molecular weight is 438 g/mol. The van der Waals surface area contributed by atoms with E-state index in [-0.39, 0.29) is 12.1 Å². The SMILES string of the molecule is Cc1ccnc(NC2=C(N=N)[C@H](C)N(C(=O)c3cccc(C(F)(F)F)c3Cl)CC2)c1. The van der Waals surface area contributed by atoms with Gasteiger partial charge in [-0.2, -0.15) is 18.3 Å². The number of hydrogen-bond acceptors (Lipinski definition) is 5. The molecule has 30 heavy (non-hydrogen) atoms. The van der Waals surface area contributed by atoms with Gasteiger partial charge in [0.1, 0.15) is 11.5 Å². The number of nitrogens with one attached hydrogen (secondary N) is 2. The predicted molar refractivity (Wildman–Crippen MR) is 106 cm³/mol. The van der Waals surface area contributed by atoms with E-state index in [9.17, 15) is 18.0 Å². The molecule has 1 aromatic carbocycles. The van der Waals surface area contributed by atoms with Crippen molar-refractivity contribution in [3.63, 3.8) is 0 Å².